The van der Waals surface area contributed by atoms with Crippen LogP contribution in [0.15, 0.2) is 0 Å². The lowest BCUT2D eigenvalue weighted by atomic mass is 9.98. The molecule has 0 amide bonds. The van der Waals surface area contributed by atoms with Crippen molar-refractivity contribution in [3.05, 3.63) is 0 Å². The molecule has 0 aliphatic rings. The molecule has 0 saturated carbocycles. The van der Waals surface area contributed by atoms with E-state index >= 15 is 0 Å². The molecule has 0 aromatic rings. The van der Waals surface area contributed by atoms with Crippen molar-refractivity contribution < 1.29 is 0 Å². The van der Waals surface area contributed by atoms with Gasteiger partial charge in [-0.05, 0) is 32.2 Å². The monoisotopic (exact) mass is 171 g/mol. The van der Waals surface area contributed by atoms with Gasteiger partial charge in [-0.3, -0.25) is 0 Å². The molecular formula is C11H25N. The third-order valence-electron chi connectivity index (χ3n) is 2.28. The van der Waals surface area contributed by atoms with Crippen LogP contribution in [-0.4, -0.2) is 12.6 Å². The van der Waals surface area contributed by atoms with Crippen LogP contribution in [0.25, 0.3) is 0 Å². The third kappa shape index (κ3) is 6.66. The Labute approximate surface area is 77.9 Å². The van der Waals surface area contributed by atoms with Gasteiger partial charge in [-0.2, -0.15) is 0 Å². The van der Waals surface area contributed by atoms with Crippen LogP contribution < -0.4 is 5.32 Å². The molecule has 1 nitrogen and oxygen atoms in total. The zero-order chi connectivity index (χ0) is 9.40. The normalized spacial score (nSPS) is 16.0. The highest BCUT2D eigenvalue weighted by atomic mass is 14.9. The van der Waals surface area contributed by atoms with Gasteiger partial charge in [0.05, 0.1) is 0 Å². The summed E-state index contributed by atoms with van der Waals surface area (Å²) in [6.45, 7) is 10.3. The Morgan fingerprint density at radius 3 is 2.25 bits per heavy atom. The molecule has 0 saturated heterocycles. The highest BCUT2D eigenvalue weighted by Crippen LogP contribution is 2.11. The molecule has 0 aliphatic heterocycles. The number of nitrogens with one attached hydrogen (secondary N) is 1. The molecule has 0 fully saturated rings. The van der Waals surface area contributed by atoms with Gasteiger partial charge in [0.2, 0.25) is 0 Å². The van der Waals surface area contributed by atoms with Crippen LogP contribution in [0.5, 0.6) is 0 Å². The van der Waals surface area contributed by atoms with E-state index in [0.717, 1.165) is 5.92 Å². The largest absolute Gasteiger partial charge is 0.314 e. The SMILES string of the molecule is CCCNC(C)CC(C)CCC. The maximum absolute atomic E-state index is 3.52. The van der Waals surface area contributed by atoms with E-state index in [1.165, 1.54) is 32.2 Å². The maximum Gasteiger partial charge on any atom is 0.00412 e. The predicted molar refractivity (Wildman–Crippen MR) is 56.4 cm³/mol. The summed E-state index contributed by atoms with van der Waals surface area (Å²) in [5.41, 5.74) is 0. The lowest BCUT2D eigenvalue weighted by Crippen LogP contribution is -2.28. The zero-order valence-corrected chi connectivity index (χ0v) is 9.19. The van der Waals surface area contributed by atoms with Gasteiger partial charge < -0.3 is 5.32 Å². The fourth-order valence-corrected chi connectivity index (χ4v) is 1.69. The summed E-state index contributed by atoms with van der Waals surface area (Å²) >= 11 is 0. The Hall–Kier alpha value is -0.0400. The summed E-state index contributed by atoms with van der Waals surface area (Å²) in [7, 11) is 0. The molecule has 0 bridgehead atoms. The smallest absolute Gasteiger partial charge is 0.00412 e. The second kappa shape index (κ2) is 7.60. The standard InChI is InChI=1S/C11H25N/c1-5-7-10(3)9-11(4)12-8-6-2/h10-12H,5-9H2,1-4H3. The van der Waals surface area contributed by atoms with Crippen molar-refractivity contribution in [3.8, 4) is 0 Å². The molecule has 0 rings (SSSR count). The lowest BCUT2D eigenvalue weighted by Gasteiger charge is -2.17. The second-order valence-corrected chi connectivity index (χ2v) is 3.98. The van der Waals surface area contributed by atoms with Crippen molar-refractivity contribution in [2.24, 2.45) is 5.92 Å². The van der Waals surface area contributed by atoms with Gasteiger partial charge in [0.15, 0.2) is 0 Å². The zero-order valence-electron chi connectivity index (χ0n) is 9.19. The quantitative estimate of drug-likeness (QED) is 0.620. The minimum atomic E-state index is 0.700. The van der Waals surface area contributed by atoms with Crippen molar-refractivity contribution >= 4 is 0 Å². The van der Waals surface area contributed by atoms with E-state index in [4.69, 9.17) is 0 Å². The summed E-state index contributed by atoms with van der Waals surface area (Å²) < 4.78 is 0. The van der Waals surface area contributed by atoms with Gasteiger partial charge in [-0.15, -0.1) is 0 Å². The molecule has 0 aromatic heterocycles. The molecule has 0 aromatic carbocycles. The average Bonchev–Trinajstić information content (AvgIpc) is 2.01. The first-order valence-corrected chi connectivity index (χ1v) is 5.44. The van der Waals surface area contributed by atoms with E-state index in [2.05, 4.69) is 33.0 Å². The Morgan fingerprint density at radius 2 is 1.75 bits per heavy atom. The van der Waals surface area contributed by atoms with Crippen LogP contribution in [0.2, 0.25) is 0 Å². The van der Waals surface area contributed by atoms with E-state index in [9.17, 15) is 0 Å². The third-order valence-corrected chi connectivity index (χ3v) is 2.28. The predicted octanol–water partition coefficient (Wildman–Crippen LogP) is 3.20. The molecule has 2 atom stereocenters. The van der Waals surface area contributed by atoms with E-state index in [1.807, 2.05) is 0 Å². The summed E-state index contributed by atoms with van der Waals surface area (Å²) in [4.78, 5) is 0. The highest BCUT2D eigenvalue weighted by molar-refractivity contribution is 4.64. The van der Waals surface area contributed by atoms with Crippen LogP contribution in [0, 0.1) is 5.92 Å². The molecule has 0 spiro atoms. The molecule has 0 aliphatic carbocycles. The van der Waals surface area contributed by atoms with Crippen LogP contribution in [-0.2, 0) is 0 Å². The Bertz CT molecular complexity index is 91.0. The summed E-state index contributed by atoms with van der Waals surface area (Å²) in [5.74, 6) is 0.884. The first-order valence-electron chi connectivity index (χ1n) is 5.44. The molecule has 0 radical (unpaired) electrons. The molecule has 0 heterocycles. The first kappa shape index (κ1) is 12.0. The lowest BCUT2D eigenvalue weighted by molar-refractivity contribution is 0.400. The van der Waals surface area contributed by atoms with Crippen molar-refractivity contribution in [2.45, 2.75) is 59.4 Å². The molecular weight excluding hydrogens is 146 g/mol. The van der Waals surface area contributed by atoms with Crippen molar-refractivity contribution in [1.82, 2.24) is 5.32 Å². The van der Waals surface area contributed by atoms with Crippen molar-refractivity contribution in [1.29, 1.82) is 0 Å². The Kier molecular flexibility index (Phi) is 7.58. The van der Waals surface area contributed by atoms with E-state index < -0.39 is 0 Å². The van der Waals surface area contributed by atoms with Gasteiger partial charge >= 0.3 is 0 Å². The van der Waals surface area contributed by atoms with Gasteiger partial charge in [-0.25, -0.2) is 0 Å². The molecule has 12 heavy (non-hydrogen) atoms. The molecule has 1 heteroatoms. The first-order chi connectivity index (χ1) is 5.70. The van der Waals surface area contributed by atoms with Crippen LogP contribution >= 0.6 is 0 Å². The van der Waals surface area contributed by atoms with Crippen molar-refractivity contribution in [2.75, 3.05) is 6.54 Å². The number of hydrogen-bond donors (Lipinski definition) is 1. The Balaban J connectivity index is 3.33. The van der Waals surface area contributed by atoms with Crippen LogP contribution in [0.1, 0.15) is 53.4 Å². The van der Waals surface area contributed by atoms with Gasteiger partial charge in [0.1, 0.15) is 0 Å². The number of hydrogen-bond acceptors (Lipinski definition) is 1. The van der Waals surface area contributed by atoms with E-state index in [0.29, 0.717) is 6.04 Å². The van der Waals surface area contributed by atoms with Gasteiger partial charge in [0.25, 0.3) is 0 Å². The summed E-state index contributed by atoms with van der Waals surface area (Å²) in [6, 6.07) is 0.700. The minimum Gasteiger partial charge on any atom is -0.314 e. The Morgan fingerprint density at radius 1 is 1.08 bits per heavy atom. The molecule has 74 valence electrons. The van der Waals surface area contributed by atoms with E-state index in [-0.39, 0.29) is 0 Å². The summed E-state index contributed by atoms with van der Waals surface area (Å²) in [6.07, 6.45) is 5.26. The maximum atomic E-state index is 3.52. The average molecular weight is 171 g/mol. The molecule has 2 unspecified atom stereocenters. The highest BCUT2D eigenvalue weighted by Gasteiger charge is 2.06. The topological polar surface area (TPSA) is 12.0 Å². The van der Waals surface area contributed by atoms with Crippen LogP contribution in [0.4, 0.5) is 0 Å². The molecule has 1 N–H and O–H groups in total. The van der Waals surface area contributed by atoms with Crippen LogP contribution in [0.3, 0.4) is 0 Å². The fraction of sp³-hybridized carbons (Fsp3) is 1.00. The number of rotatable bonds is 7. The van der Waals surface area contributed by atoms with E-state index in [1.54, 1.807) is 0 Å². The fourth-order valence-electron chi connectivity index (χ4n) is 1.69. The minimum absolute atomic E-state index is 0.700. The van der Waals surface area contributed by atoms with Gasteiger partial charge in [-0.1, -0.05) is 33.6 Å². The second-order valence-electron chi connectivity index (χ2n) is 3.98. The summed E-state index contributed by atoms with van der Waals surface area (Å²) in [5, 5.41) is 3.52. The van der Waals surface area contributed by atoms with Crippen molar-refractivity contribution in [3.63, 3.8) is 0 Å². The van der Waals surface area contributed by atoms with Gasteiger partial charge in [0, 0.05) is 6.04 Å².